The molecular weight excluding hydrogens is 574 g/mol. The second kappa shape index (κ2) is 12.8. The number of hydrogen-bond donors (Lipinski definition) is 0. The lowest BCUT2D eigenvalue weighted by molar-refractivity contribution is -0.132. The van der Waals surface area contributed by atoms with Crippen LogP contribution in [0.5, 0.6) is 0 Å². The molecule has 2 aromatic carbocycles. The van der Waals surface area contributed by atoms with Crippen LogP contribution in [0.4, 0.5) is 10.1 Å². The molecule has 40 heavy (non-hydrogen) atoms. The van der Waals surface area contributed by atoms with E-state index in [2.05, 4.69) is 19.9 Å². The molecule has 0 atom stereocenters. The van der Waals surface area contributed by atoms with E-state index < -0.39 is 0 Å². The Hall–Kier alpha value is -3.47. The van der Waals surface area contributed by atoms with Crippen LogP contribution in [0.1, 0.15) is 16.7 Å². The molecule has 1 aliphatic rings. The van der Waals surface area contributed by atoms with Crippen LogP contribution in [0.3, 0.4) is 0 Å². The molecule has 0 radical (unpaired) electrons. The van der Waals surface area contributed by atoms with Crippen molar-refractivity contribution in [1.29, 1.82) is 0 Å². The Balaban J connectivity index is 1.32. The average Bonchev–Trinajstić information content (AvgIpc) is 2.97. The minimum atomic E-state index is -0.371. The molecule has 1 saturated heterocycles. The maximum absolute atomic E-state index is 13.4. The van der Waals surface area contributed by atoms with Gasteiger partial charge in [-0.3, -0.25) is 9.59 Å². The molecule has 0 aliphatic carbocycles. The maximum atomic E-state index is 13.4. The molecule has 0 N–H and O–H groups in total. The van der Waals surface area contributed by atoms with Gasteiger partial charge in [-0.15, -0.1) is 0 Å². The van der Waals surface area contributed by atoms with Gasteiger partial charge in [-0.1, -0.05) is 47.1 Å². The van der Waals surface area contributed by atoms with E-state index in [1.54, 1.807) is 41.4 Å². The van der Waals surface area contributed by atoms with Crippen molar-refractivity contribution >= 4 is 46.6 Å². The summed E-state index contributed by atoms with van der Waals surface area (Å²) in [6.07, 6.45) is 6.71. The third-order valence-electron chi connectivity index (χ3n) is 6.53. The Bertz CT molecular complexity index is 1550. The Morgan fingerprint density at radius 2 is 1.68 bits per heavy atom. The third-order valence-corrected chi connectivity index (χ3v) is 8.33. The number of benzene rings is 2. The van der Waals surface area contributed by atoms with Gasteiger partial charge in [0.25, 0.3) is 5.56 Å². The molecule has 5 rings (SSSR count). The number of carbonyl (C=O) groups is 1. The summed E-state index contributed by atoms with van der Waals surface area (Å²) in [5.74, 6) is 0.0782. The van der Waals surface area contributed by atoms with Crippen molar-refractivity contribution in [3.05, 3.63) is 110 Å². The molecular formula is C28H25Cl2FN6O2S. The van der Waals surface area contributed by atoms with Crippen LogP contribution < -0.4 is 10.5 Å². The van der Waals surface area contributed by atoms with Crippen LogP contribution in [0.25, 0.3) is 0 Å². The minimum absolute atomic E-state index is 0.0318. The topological polar surface area (TPSA) is 84.2 Å². The summed E-state index contributed by atoms with van der Waals surface area (Å²) in [6, 6.07) is 11.7. The Kier molecular flexibility index (Phi) is 8.98. The molecule has 4 aromatic rings. The highest BCUT2D eigenvalue weighted by molar-refractivity contribution is 7.98. The van der Waals surface area contributed by atoms with Gasteiger partial charge in [-0.05, 0) is 41.5 Å². The number of hydrogen-bond acceptors (Lipinski definition) is 7. The molecule has 3 heterocycles. The van der Waals surface area contributed by atoms with Crippen molar-refractivity contribution in [3.8, 4) is 0 Å². The van der Waals surface area contributed by atoms with Crippen molar-refractivity contribution in [3.63, 3.8) is 0 Å². The SMILES string of the molecule is O=C(Cn1cc(Cc2cncnc2)c(=O)nc1SCc1ccc(F)cc1)N1CCN(c2ccc(Cl)c(Cl)c2)CC1. The second-order valence-corrected chi connectivity index (χ2v) is 11.0. The fourth-order valence-corrected chi connectivity index (χ4v) is 5.59. The first kappa shape index (κ1) is 28.1. The third kappa shape index (κ3) is 6.99. The van der Waals surface area contributed by atoms with Crippen molar-refractivity contribution in [2.75, 3.05) is 31.1 Å². The maximum Gasteiger partial charge on any atom is 0.277 e. The first-order valence-electron chi connectivity index (χ1n) is 12.5. The zero-order valence-corrected chi connectivity index (χ0v) is 23.7. The van der Waals surface area contributed by atoms with Gasteiger partial charge >= 0.3 is 0 Å². The van der Waals surface area contributed by atoms with Crippen molar-refractivity contribution in [2.45, 2.75) is 23.9 Å². The quantitative estimate of drug-likeness (QED) is 0.214. The lowest BCUT2D eigenvalue weighted by atomic mass is 10.1. The number of rotatable bonds is 8. The van der Waals surface area contributed by atoms with E-state index in [0.29, 0.717) is 59.1 Å². The minimum Gasteiger partial charge on any atom is -0.368 e. The highest BCUT2D eigenvalue weighted by Gasteiger charge is 2.23. The Labute approximate surface area is 244 Å². The molecule has 1 fully saturated rings. The van der Waals surface area contributed by atoms with E-state index in [1.165, 1.54) is 30.2 Å². The zero-order chi connectivity index (χ0) is 28.1. The fourth-order valence-electron chi connectivity index (χ4n) is 4.38. The van der Waals surface area contributed by atoms with Crippen LogP contribution in [0, 0.1) is 5.82 Å². The van der Waals surface area contributed by atoms with Crippen LogP contribution in [-0.4, -0.2) is 56.5 Å². The lowest BCUT2D eigenvalue weighted by Crippen LogP contribution is -2.49. The van der Waals surface area contributed by atoms with E-state index in [1.807, 2.05) is 17.0 Å². The summed E-state index contributed by atoms with van der Waals surface area (Å²) in [4.78, 5) is 42.6. The van der Waals surface area contributed by atoms with Gasteiger partial charge in [-0.2, -0.15) is 4.98 Å². The molecule has 1 amide bonds. The van der Waals surface area contributed by atoms with E-state index in [9.17, 15) is 14.0 Å². The fraction of sp³-hybridized carbons (Fsp3) is 0.250. The molecule has 1 aliphatic heterocycles. The summed E-state index contributed by atoms with van der Waals surface area (Å²) in [5.41, 5.74) is 2.68. The molecule has 12 heteroatoms. The number of carbonyl (C=O) groups excluding carboxylic acids is 1. The summed E-state index contributed by atoms with van der Waals surface area (Å²) < 4.78 is 15.1. The van der Waals surface area contributed by atoms with Crippen molar-refractivity contribution in [1.82, 2.24) is 24.4 Å². The molecule has 0 unspecified atom stereocenters. The summed E-state index contributed by atoms with van der Waals surface area (Å²) in [5, 5.41) is 1.42. The number of thioether (sulfide) groups is 1. The number of amides is 1. The molecule has 8 nitrogen and oxygen atoms in total. The van der Waals surface area contributed by atoms with Gasteiger partial charge in [-0.25, -0.2) is 14.4 Å². The summed E-state index contributed by atoms with van der Waals surface area (Å²) in [6.45, 7) is 2.41. The number of nitrogens with zero attached hydrogens (tertiary/aromatic N) is 6. The monoisotopic (exact) mass is 598 g/mol. The molecule has 0 bridgehead atoms. The van der Waals surface area contributed by atoms with Gasteiger partial charge in [0, 0.05) is 68.2 Å². The highest BCUT2D eigenvalue weighted by atomic mass is 35.5. The highest BCUT2D eigenvalue weighted by Crippen LogP contribution is 2.28. The van der Waals surface area contributed by atoms with Crippen LogP contribution in [0.2, 0.25) is 10.0 Å². The largest absolute Gasteiger partial charge is 0.368 e. The van der Waals surface area contributed by atoms with Gasteiger partial charge in [0.05, 0.1) is 10.0 Å². The van der Waals surface area contributed by atoms with Gasteiger partial charge < -0.3 is 14.4 Å². The van der Waals surface area contributed by atoms with E-state index >= 15 is 0 Å². The van der Waals surface area contributed by atoms with Crippen molar-refractivity contribution in [2.24, 2.45) is 0 Å². The average molecular weight is 600 g/mol. The number of aromatic nitrogens is 4. The standard InChI is InChI=1S/C28H25Cl2FN6O2S/c29-24-6-5-23(12-25(24)30)35-7-9-36(10-8-35)26(38)16-37-15-21(11-20-13-32-18-33-14-20)27(39)34-28(37)40-17-19-1-3-22(31)4-2-19/h1-6,12-15,18H,7-11,16-17H2. The Morgan fingerprint density at radius 3 is 2.38 bits per heavy atom. The van der Waals surface area contributed by atoms with Crippen LogP contribution in [-0.2, 0) is 23.5 Å². The van der Waals surface area contributed by atoms with Gasteiger partial charge in [0.2, 0.25) is 5.91 Å². The van der Waals surface area contributed by atoms with Crippen LogP contribution in [0.15, 0.2) is 77.3 Å². The summed E-state index contributed by atoms with van der Waals surface area (Å²) >= 11 is 13.6. The zero-order valence-electron chi connectivity index (χ0n) is 21.3. The van der Waals surface area contributed by atoms with Crippen molar-refractivity contribution < 1.29 is 9.18 Å². The lowest BCUT2D eigenvalue weighted by Gasteiger charge is -2.36. The molecule has 0 spiro atoms. The van der Waals surface area contributed by atoms with E-state index in [0.717, 1.165) is 16.8 Å². The number of halogens is 3. The van der Waals surface area contributed by atoms with Crippen LogP contribution >= 0.6 is 35.0 Å². The van der Waals surface area contributed by atoms with E-state index in [4.69, 9.17) is 23.2 Å². The van der Waals surface area contributed by atoms with Gasteiger partial charge in [0.1, 0.15) is 18.7 Å². The smallest absolute Gasteiger partial charge is 0.277 e. The first-order chi connectivity index (χ1) is 19.4. The van der Waals surface area contributed by atoms with Gasteiger partial charge in [0.15, 0.2) is 5.16 Å². The number of anilines is 1. The van der Waals surface area contributed by atoms with E-state index in [-0.39, 0.29) is 23.8 Å². The normalized spacial score (nSPS) is 13.5. The summed E-state index contributed by atoms with van der Waals surface area (Å²) in [7, 11) is 0. The Morgan fingerprint density at radius 1 is 0.950 bits per heavy atom. The predicted octanol–water partition coefficient (Wildman–Crippen LogP) is 4.71. The predicted molar refractivity (Wildman–Crippen MR) is 155 cm³/mol. The first-order valence-corrected chi connectivity index (χ1v) is 14.3. The molecule has 2 aromatic heterocycles. The second-order valence-electron chi connectivity index (χ2n) is 9.29. The molecule has 0 saturated carbocycles. The molecule has 206 valence electrons. The number of piperazine rings is 1.